The molecule has 0 radical (unpaired) electrons. The van der Waals surface area contributed by atoms with Crippen molar-refractivity contribution >= 4 is 49.3 Å². The number of thiazole rings is 1. The largest absolute Gasteiger partial charge is 0.416 e. The Hall–Kier alpha value is -3.24. The molecule has 0 bridgehead atoms. The molecule has 0 unspecified atom stereocenters. The smallest absolute Gasteiger partial charge is 0.343 e. The van der Waals surface area contributed by atoms with Gasteiger partial charge in [0.1, 0.15) is 0 Å². The summed E-state index contributed by atoms with van der Waals surface area (Å²) in [5, 5.41) is 6.56. The van der Waals surface area contributed by atoms with Gasteiger partial charge in [0.25, 0.3) is 11.7 Å². The zero-order valence-electron chi connectivity index (χ0n) is 16.6. The topological polar surface area (TPSA) is 76.0 Å². The van der Waals surface area contributed by atoms with Crippen LogP contribution in [0.2, 0.25) is 0 Å². The molecule has 0 atom stereocenters. The van der Waals surface area contributed by atoms with Gasteiger partial charge in [0.15, 0.2) is 5.13 Å². The van der Waals surface area contributed by atoms with E-state index in [4.69, 9.17) is 0 Å². The van der Waals surface area contributed by atoms with Crippen molar-refractivity contribution in [2.24, 2.45) is 0 Å². The summed E-state index contributed by atoms with van der Waals surface area (Å²) in [6, 6.07) is 10.6. The predicted octanol–water partition coefficient (Wildman–Crippen LogP) is 4.24. The number of ketones is 1. The number of anilines is 1. The number of Topliss-reactive ketones (excluding diaryl/α,β-unsaturated/α-hetero) is 1. The average molecular weight is 458 g/mol. The minimum absolute atomic E-state index is 0.0777. The Morgan fingerprint density at radius 3 is 2.75 bits per heavy atom. The number of benzene rings is 2. The number of nitrogens with zero attached hydrogens (tertiary/aromatic N) is 2. The van der Waals surface area contributed by atoms with Crippen molar-refractivity contribution in [2.45, 2.75) is 19.1 Å². The van der Waals surface area contributed by atoms with E-state index in [1.54, 1.807) is 0 Å². The number of alkyl halides is 3. The Balaban J connectivity index is 1.48. The van der Waals surface area contributed by atoms with E-state index in [0.717, 1.165) is 41.2 Å². The Morgan fingerprint density at radius 1 is 1.12 bits per heavy atom. The molecule has 1 aliphatic rings. The van der Waals surface area contributed by atoms with Crippen LogP contribution in [0.3, 0.4) is 0 Å². The van der Waals surface area contributed by atoms with E-state index in [1.807, 2.05) is 24.3 Å². The highest BCUT2D eigenvalue weighted by molar-refractivity contribution is 7.22. The van der Waals surface area contributed by atoms with Crippen molar-refractivity contribution < 1.29 is 22.8 Å². The molecule has 2 aromatic carbocycles. The van der Waals surface area contributed by atoms with Gasteiger partial charge in [-0.1, -0.05) is 29.5 Å². The first-order valence-corrected chi connectivity index (χ1v) is 10.8. The van der Waals surface area contributed by atoms with Gasteiger partial charge in [-0.15, -0.1) is 0 Å². The van der Waals surface area contributed by atoms with Crippen LogP contribution in [0.1, 0.15) is 21.6 Å². The lowest BCUT2D eigenvalue weighted by atomic mass is 10.0. The van der Waals surface area contributed by atoms with Gasteiger partial charge in [-0.05, 0) is 24.3 Å². The van der Waals surface area contributed by atoms with Crippen molar-refractivity contribution in [3.63, 3.8) is 0 Å². The van der Waals surface area contributed by atoms with E-state index in [0.29, 0.717) is 36.0 Å². The fourth-order valence-corrected chi connectivity index (χ4v) is 4.97. The number of fused-ring (bicyclic) bond motifs is 4. The first-order valence-electron chi connectivity index (χ1n) is 9.97. The quantitative estimate of drug-likeness (QED) is 0.356. The normalized spacial score (nSPS) is 14.3. The zero-order valence-corrected chi connectivity index (χ0v) is 17.4. The zero-order chi connectivity index (χ0) is 22.5. The van der Waals surface area contributed by atoms with Crippen molar-refractivity contribution in [1.29, 1.82) is 0 Å². The van der Waals surface area contributed by atoms with E-state index in [1.165, 1.54) is 6.07 Å². The molecule has 2 aromatic heterocycles. The van der Waals surface area contributed by atoms with E-state index < -0.39 is 23.4 Å². The second-order valence-electron chi connectivity index (χ2n) is 7.47. The molecule has 5 rings (SSSR count). The van der Waals surface area contributed by atoms with Gasteiger partial charge in [0.05, 0.1) is 21.3 Å². The molecular weight excluding hydrogens is 441 g/mol. The summed E-state index contributed by atoms with van der Waals surface area (Å²) in [5.41, 5.74) is 1.58. The first kappa shape index (κ1) is 20.7. The number of rotatable bonds is 3. The van der Waals surface area contributed by atoms with E-state index in [-0.39, 0.29) is 9.83 Å². The second-order valence-corrected chi connectivity index (χ2v) is 8.50. The fraction of sp³-hybridized carbons (Fsp3) is 0.227. The molecule has 6 nitrogen and oxygen atoms in total. The number of aromatic nitrogens is 2. The highest BCUT2D eigenvalue weighted by Crippen LogP contribution is 2.34. The molecule has 3 heterocycles. The molecule has 164 valence electrons. The Kier molecular flexibility index (Phi) is 4.98. The Labute approximate surface area is 184 Å². The SMILES string of the molecule is O=C(Nc1nc2ccc(C(F)(F)F)cc2s1)C(=O)c1c2n(c3ccccc13)CCNCC2. The van der Waals surface area contributed by atoms with Crippen LogP contribution in [0.5, 0.6) is 0 Å². The van der Waals surface area contributed by atoms with Gasteiger partial charge in [-0.2, -0.15) is 13.2 Å². The summed E-state index contributed by atoms with van der Waals surface area (Å²) >= 11 is 0.896. The number of para-hydroxylation sites is 1. The van der Waals surface area contributed by atoms with E-state index in [2.05, 4.69) is 20.2 Å². The highest BCUT2D eigenvalue weighted by atomic mass is 32.1. The Bertz CT molecular complexity index is 1370. The summed E-state index contributed by atoms with van der Waals surface area (Å²) in [6.45, 7) is 2.14. The summed E-state index contributed by atoms with van der Waals surface area (Å²) in [7, 11) is 0. The standard InChI is InChI=1S/C22H17F3N4O2S/c23-22(24,25)12-5-6-14-17(11-12)32-21(27-14)28-20(31)19(30)18-13-3-1-2-4-15(13)29-10-9-26-8-7-16(18)29/h1-6,11,26H,7-10H2,(H,27,28,31). The lowest BCUT2D eigenvalue weighted by Gasteiger charge is -2.06. The van der Waals surface area contributed by atoms with Crippen LogP contribution in [0.15, 0.2) is 42.5 Å². The van der Waals surface area contributed by atoms with Crippen LogP contribution < -0.4 is 10.6 Å². The molecule has 32 heavy (non-hydrogen) atoms. The van der Waals surface area contributed by atoms with Crippen molar-refractivity contribution in [3.05, 3.63) is 59.3 Å². The average Bonchev–Trinajstić information content (AvgIpc) is 3.20. The van der Waals surface area contributed by atoms with Crippen molar-refractivity contribution in [3.8, 4) is 0 Å². The molecule has 0 saturated carbocycles. The molecule has 0 aliphatic carbocycles. The summed E-state index contributed by atoms with van der Waals surface area (Å²) in [5.74, 6) is -1.55. The predicted molar refractivity (Wildman–Crippen MR) is 116 cm³/mol. The third kappa shape index (κ3) is 3.55. The molecule has 1 amide bonds. The van der Waals surface area contributed by atoms with Crippen LogP contribution >= 0.6 is 11.3 Å². The number of carbonyl (C=O) groups is 2. The van der Waals surface area contributed by atoms with E-state index >= 15 is 0 Å². The highest BCUT2D eigenvalue weighted by Gasteiger charge is 2.31. The van der Waals surface area contributed by atoms with Gasteiger partial charge in [-0.25, -0.2) is 4.98 Å². The number of halogens is 3. The minimum Gasteiger partial charge on any atom is -0.343 e. The van der Waals surface area contributed by atoms with Crippen molar-refractivity contribution in [1.82, 2.24) is 14.9 Å². The number of amides is 1. The maximum absolute atomic E-state index is 13.2. The van der Waals surface area contributed by atoms with Crippen LogP contribution in [0.25, 0.3) is 21.1 Å². The van der Waals surface area contributed by atoms with Crippen LogP contribution in [-0.4, -0.2) is 34.3 Å². The summed E-state index contributed by atoms with van der Waals surface area (Å²) in [6.07, 6.45) is -3.87. The van der Waals surface area contributed by atoms with Crippen molar-refractivity contribution in [2.75, 3.05) is 18.4 Å². The second kappa shape index (κ2) is 7.72. The third-order valence-electron chi connectivity index (χ3n) is 5.50. The molecule has 10 heteroatoms. The number of hydrogen-bond donors (Lipinski definition) is 2. The molecule has 4 aromatic rings. The number of hydrogen-bond acceptors (Lipinski definition) is 5. The molecule has 2 N–H and O–H groups in total. The molecule has 0 fully saturated rings. The summed E-state index contributed by atoms with van der Waals surface area (Å²) in [4.78, 5) is 30.2. The molecular formula is C22H17F3N4O2S. The Morgan fingerprint density at radius 2 is 1.94 bits per heavy atom. The van der Waals surface area contributed by atoms with Crippen LogP contribution in [0, 0.1) is 0 Å². The lowest BCUT2D eigenvalue weighted by Crippen LogP contribution is -2.24. The van der Waals surface area contributed by atoms with E-state index in [9.17, 15) is 22.8 Å². The molecule has 1 aliphatic heterocycles. The maximum Gasteiger partial charge on any atom is 0.416 e. The fourth-order valence-electron chi connectivity index (χ4n) is 4.07. The minimum atomic E-state index is -4.47. The monoisotopic (exact) mass is 458 g/mol. The van der Waals surface area contributed by atoms with Gasteiger partial charge in [-0.3, -0.25) is 14.9 Å². The summed E-state index contributed by atoms with van der Waals surface area (Å²) < 4.78 is 41.2. The molecule has 0 spiro atoms. The van der Waals surface area contributed by atoms with Gasteiger partial charge >= 0.3 is 6.18 Å². The van der Waals surface area contributed by atoms with Gasteiger partial charge in [0, 0.05) is 42.7 Å². The lowest BCUT2D eigenvalue weighted by molar-refractivity contribution is -0.137. The van der Waals surface area contributed by atoms with Crippen LogP contribution in [0.4, 0.5) is 18.3 Å². The van der Waals surface area contributed by atoms with Gasteiger partial charge in [0.2, 0.25) is 0 Å². The number of nitrogens with one attached hydrogen (secondary N) is 2. The van der Waals surface area contributed by atoms with Gasteiger partial charge < -0.3 is 9.88 Å². The van der Waals surface area contributed by atoms with Crippen LogP contribution in [-0.2, 0) is 23.9 Å². The third-order valence-corrected chi connectivity index (χ3v) is 6.43. The maximum atomic E-state index is 13.2. The molecule has 0 saturated heterocycles. The number of carbonyl (C=O) groups excluding carboxylic acids is 2. The first-order chi connectivity index (χ1) is 15.3.